The Morgan fingerprint density at radius 3 is 2.72 bits per heavy atom. The average Bonchev–Trinajstić information content (AvgIpc) is 3.20. The second-order valence-corrected chi connectivity index (χ2v) is 5.86. The van der Waals surface area contributed by atoms with Gasteiger partial charge < -0.3 is 15.0 Å². The number of aliphatic hydroxyl groups excluding tert-OH is 1. The number of nitriles is 1. The van der Waals surface area contributed by atoms with E-state index in [4.69, 9.17) is 5.26 Å². The van der Waals surface area contributed by atoms with E-state index in [1.54, 1.807) is 0 Å². The van der Waals surface area contributed by atoms with Gasteiger partial charge in [-0.15, -0.1) is 0 Å². The fraction of sp³-hybridized carbons (Fsp3) is 0.294. The number of H-pyrrole nitrogens is 1. The molecule has 1 aromatic heterocycles. The molecule has 1 aliphatic rings. The highest BCUT2D eigenvalue weighted by atomic mass is 19.4. The Balaban J connectivity index is 1.98. The number of likely N-dealkylation sites (tertiary alicyclic amines) is 1. The van der Waals surface area contributed by atoms with Crippen LogP contribution in [0.15, 0.2) is 36.5 Å². The number of nitrogens with zero attached hydrogens (tertiary/aromatic N) is 2. The number of aromatic nitrogens is 1. The monoisotopic (exact) mass is 349 g/mol. The van der Waals surface area contributed by atoms with E-state index in [-0.39, 0.29) is 29.8 Å². The summed E-state index contributed by atoms with van der Waals surface area (Å²) in [6, 6.07) is 7.35. The van der Waals surface area contributed by atoms with Crippen LogP contribution in [0, 0.1) is 11.3 Å². The zero-order valence-electron chi connectivity index (χ0n) is 12.9. The highest BCUT2D eigenvalue weighted by Gasteiger charge is 2.41. The summed E-state index contributed by atoms with van der Waals surface area (Å²) >= 11 is 0. The minimum Gasteiger partial charge on any atom is -0.391 e. The summed E-state index contributed by atoms with van der Waals surface area (Å²) in [5.41, 5.74) is -0.529. The quantitative estimate of drug-likeness (QED) is 0.875. The van der Waals surface area contributed by atoms with Crippen LogP contribution in [0.3, 0.4) is 0 Å². The molecule has 3 rings (SSSR count). The van der Waals surface area contributed by atoms with Crippen molar-refractivity contribution in [2.75, 3.05) is 6.54 Å². The molecule has 2 N–H and O–H groups in total. The first-order valence-electron chi connectivity index (χ1n) is 7.55. The number of β-amino-alcohol motifs (C(OH)–C–C–N with tert-alkyl or cyclic N) is 1. The molecule has 0 unspecified atom stereocenters. The van der Waals surface area contributed by atoms with E-state index in [0.717, 1.165) is 6.07 Å². The summed E-state index contributed by atoms with van der Waals surface area (Å²) in [4.78, 5) is 16.5. The van der Waals surface area contributed by atoms with E-state index in [2.05, 4.69) is 4.98 Å². The van der Waals surface area contributed by atoms with Gasteiger partial charge in [0.25, 0.3) is 5.91 Å². The standard InChI is InChI=1S/C17H14F3N3O2/c18-17(19,20)13-4-2-1-3-12(13)15-6-11(24)9-23(15)16(25)14-5-10(7-21)8-22-14/h1-5,8,11,15,22,24H,6,9H2/t11-,15+/m1/s1. The Morgan fingerprint density at radius 2 is 2.08 bits per heavy atom. The number of rotatable bonds is 2. The van der Waals surface area contributed by atoms with Crippen molar-refractivity contribution in [1.82, 2.24) is 9.88 Å². The van der Waals surface area contributed by atoms with Crippen LogP contribution in [0.25, 0.3) is 0 Å². The minimum absolute atomic E-state index is 0.0185. The third-order valence-corrected chi connectivity index (χ3v) is 4.21. The molecule has 1 amide bonds. The average molecular weight is 349 g/mol. The maximum absolute atomic E-state index is 13.3. The zero-order chi connectivity index (χ0) is 18.2. The van der Waals surface area contributed by atoms with Gasteiger partial charge in [0.1, 0.15) is 11.8 Å². The van der Waals surface area contributed by atoms with Crippen LogP contribution < -0.4 is 0 Å². The fourth-order valence-corrected chi connectivity index (χ4v) is 3.12. The van der Waals surface area contributed by atoms with Crippen molar-refractivity contribution in [1.29, 1.82) is 5.26 Å². The molecule has 1 aliphatic heterocycles. The van der Waals surface area contributed by atoms with Crippen LogP contribution in [0.5, 0.6) is 0 Å². The number of carbonyl (C=O) groups excluding carboxylic acids is 1. The molecule has 0 aliphatic carbocycles. The number of benzene rings is 1. The Morgan fingerprint density at radius 1 is 1.36 bits per heavy atom. The molecule has 0 saturated carbocycles. The molecule has 8 heteroatoms. The van der Waals surface area contributed by atoms with Crippen molar-refractivity contribution in [2.24, 2.45) is 0 Å². The van der Waals surface area contributed by atoms with Crippen molar-refractivity contribution < 1.29 is 23.1 Å². The molecule has 0 radical (unpaired) electrons. The Bertz CT molecular complexity index is 838. The van der Waals surface area contributed by atoms with Gasteiger partial charge in [0.15, 0.2) is 0 Å². The SMILES string of the molecule is N#Cc1c[nH]c(C(=O)N2C[C@H](O)C[C@H]2c2ccccc2C(F)(F)F)c1. The summed E-state index contributed by atoms with van der Waals surface area (Å²) in [5, 5.41) is 18.8. The Hall–Kier alpha value is -2.79. The lowest BCUT2D eigenvalue weighted by Gasteiger charge is -2.26. The van der Waals surface area contributed by atoms with Gasteiger partial charge in [0.05, 0.1) is 23.3 Å². The summed E-state index contributed by atoms with van der Waals surface area (Å²) in [6.45, 7) is -0.0728. The first-order valence-corrected chi connectivity index (χ1v) is 7.55. The lowest BCUT2D eigenvalue weighted by Crippen LogP contribution is -2.32. The molecule has 2 heterocycles. The number of hydrogen-bond acceptors (Lipinski definition) is 3. The largest absolute Gasteiger partial charge is 0.416 e. The van der Waals surface area contributed by atoms with Crippen LogP contribution >= 0.6 is 0 Å². The minimum atomic E-state index is -4.56. The number of carbonyl (C=O) groups is 1. The number of amides is 1. The molecule has 0 bridgehead atoms. The van der Waals surface area contributed by atoms with Gasteiger partial charge in [0, 0.05) is 12.7 Å². The summed E-state index contributed by atoms with van der Waals surface area (Å²) in [6.07, 6.45) is -4.11. The second-order valence-electron chi connectivity index (χ2n) is 5.86. The van der Waals surface area contributed by atoms with Crippen LogP contribution in [-0.4, -0.2) is 33.5 Å². The number of alkyl halides is 3. The molecule has 1 aromatic carbocycles. The summed E-state index contributed by atoms with van der Waals surface area (Å²) < 4.78 is 39.9. The third kappa shape index (κ3) is 3.23. The van der Waals surface area contributed by atoms with Gasteiger partial charge in [-0.05, 0) is 24.1 Å². The molecule has 25 heavy (non-hydrogen) atoms. The molecule has 2 atom stereocenters. The first-order chi connectivity index (χ1) is 11.8. The molecule has 2 aromatic rings. The molecule has 0 spiro atoms. The molecule has 130 valence electrons. The highest BCUT2D eigenvalue weighted by Crippen LogP contribution is 2.40. The smallest absolute Gasteiger partial charge is 0.391 e. The van der Waals surface area contributed by atoms with Crippen LogP contribution in [0.1, 0.15) is 39.6 Å². The number of nitrogens with one attached hydrogen (secondary N) is 1. The van der Waals surface area contributed by atoms with E-state index in [1.807, 2.05) is 6.07 Å². The van der Waals surface area contributed by atoms with E-state index in [1.165, 1.54) is 35.4 Å². The van der Waals surface area contributed by atoms with Gasteiger partial charge in [-0.25, -0.2) is 0 Å². The van der Waals surface area contributed by atoms with Crippen molar-refractivity contribution >= 4 is 5.91 Å². The number of hydrogen-bond donors (Lipinski definition) is 2. The van der Waals surface area contributed by atoms with Crippen LogP contribution in [-0.2, 0) is 6.18 Å². The van der Waals surface area contributed by atoms with Crippen LogP contribution in [0.4, 0.5) is 13.2 Å². The van der Waals surface area contributed by atoms with Crippen molar-refractivity contribution in [3.05, 3.63) is 58.9 Å². The first kappa shape index (κ1) is 17.0. The lowest BCUT2D eigenvalue weighted by atomic mass is 9.97. The van der Waals surface area contributed by atoms with Crippen molar-refractivity contribution in [3.63, 3.8) is 0 Å². The Kier molecular flexibility index (Phi) is 4.27. The second kappa shape index (κ2) is 6.26. The number of aliphatic hydroxyl groups is 1. The van der Waals surface area contributed by atoms with Crippen molar-refractivity contribution in [3.8, 4) is 6.07 Å². The van der Waals surface area contributed by atoms with E-state index < -0.39 is 29.8 Å². The molecular formula is C17H14F3N3O2. The molecule has 1 saturated heterocycles. The Labute approximate surface area is 141 Å². The number of halogens is 3. The van der Waals surface area contributed by atoms with Gasteiger partial charge in [-0.3, -0.25) is 4.79 Å². The normalized spacial score (nSPS) is 20.5. The maximum Gasteiger partial charge on any atom is 0.416 e. The third-order valence-electron chi connectivity index (χ3n) is 4.21. The molecule has 5 nitrogen and oxygen atoms in total. The lowest BCUT2D eigenvalue weighted by molar-refractivity contribution is -0.138. The molecule has 1 fully saturated rings. The summed E-state index contributed by atoms with van der Waals surface area (Å²) in [7, 11) is 0. The van der Waals surface area contributed by atoms with Crippen LogP contribution in [0.2, 0.25) is 0 Å². The van der Waals surface area contributed by atoms with E-state index in [0.29, 0.717) is 0 Å². The van der Waals surface area contributed by atoms with Crippen molar-refractivity contribution in [2.45, 2.75) is 24.7 Å². The summed E-state index contributed by atoms with van der Waals surface area (Å²) in [5.74, 6) is -0.556. The highest BCUT2D eigenvalue weighted by molar-refractivity contribution is 5.93. The predicted octanol–water partition coefficient (Wildman–Crippen LogP) is 2.85. The number of aromatic amines is 1. The van der Waals surface area contributed by atoms with Gasteiger partial charge in [-0.1, -0.05) is 18.2 Å². The van der Waals surface area contributed by atoms with Gasteiger partial charge >= 0.3 is 6.18 Å². The van der Waals surface area contributed by atoms with E-state index in [9.17, 15) is 23.1 Å². The predicted molar refractivity (Wildman–Crippen MR) is 81.4 cm³/mol. The van der Waals surface area contributed by atoms with Gasteiger partial charge in [-0.2, -0.15) is 18.4 Å². The maximum atomic E-state index is 13.3. The van der Waals surface area contributed by atoms with Gasteiger partial charge in [0.2, 0.25) is 0 Å². The van der Waals surface area contributed by atoms with E-state index >= 15 is 0 Å². The molecular weight excluding hydrogens is 335 g/mol. The topological polar surface area (TPSA) is 80.1 Å². The zero-order valence-corrected chi connectivity index (χ0v) is 12.9. The fourth-order valence-electron chi connectivity index (χ4n) is 3.12.